The van der Waals surface area contributed by atoms with Gasteiger partial charge in [0.15, 0.2) is 5.13 Å². The number of pyridine rings is 1. The molecule has 0 amide bonds. The van der Waals surface area contributed by atoms with E-state index in [0.717, 1.165) is 64.9 Å². The van der Waals surface area contributed by atoms with Crippen molar-refractivity contribution >= 4 is 44.3 Å². The summed E-state index contributed by atoms with van der Waals surface area (Å²) in [6, 6.07) is 25.8. The molecule has 42 heavy (non-hydrogen) atoms. The number of thiazole rings is 1. The first kappa shape index (κ1) is 27.9. The summed E-state index contributed by atoms with van der Waals surface area (Å²) < 4.78 is 1.17. The first-order valence-corrected chi connectivity index (χ1v) is 15.8. The molecule has 1 aliphatic heterocycles. The van der Waals surface area contributed by atoms with Crippen molar-refractivity contribution in [1.82, 2.24) is 9.97 Å². The number of hydrogen-bond donors (Lipinski definition) is 1. The minimum Gasteiger partial charge on any atom is -0.352 e. The van der Waals surface area contributed by atoms with Crippen LogP contribution in [0.25, 0.3) is 33.1 Å². The van der Waals surface area contributed by atoms with Gasteiger partial charge in [-0.25, -0.2) is 9.97 Å². The van der Waals surface area contributed by atoms with Crippen molar-refractivity contribution in [3.05, 3.63) is 119 Å². The number of hydrogen-bond acceptors (Lipinski definition) is 5. The van der Waals surface area contributed by atoms with E-state index in [-0.39, 0.29) is 0 Å². The van der Waals surface area contributed by atoms with Crippen LogP contribution in [0, 0.1) is 6.92 Å². The van der Waals surface area contributed by atoms with Crippen LogP contribution in [0.15, 0.2) is 86.0 Å². The van der Waals surface area contributed by atoms with Crippen molar-refractivity contribution < 1.29 is 0 Å². The van der Waals surface area contributed by atoms with Crippen LogP contribution in [0.5, 0.6) is 0 Å². The number of nitrogens with zero attached hydrogens (tertiary/aromatic N) is 3. The number of rotatable bonds is 10. The molecule has 0 saturated carbocycles. The molecule has 1 aliphatic rings. The Morgan fingerprint density at radius 3 is 2.67 bits per heavy atom. The maximum Gasteiger partial charge on any atom is 0.188 e. The Morgan fingerprint density at radius 2 is 1.83 bits per heavy atom. The first-order valence-electron chi connectivity index (χ1n) is 15.0. The molecule has 3 heterocycles. The van der Waals surface area contributed by atoms with Gasteiger partial charge in [0.25, 0.3) is 0 Å². The van der Waals surface area contributed by atoms with Gasteiger partial charge in [0.2, 0.25) is 0 Å². The largest absolute Gasteiger partial charge is 0.352 e. The number of para-hydroxylation sites is 1. The van der Waals surface area contributed by atoms with Crippen molar-refractivity contribution in [2.45, 2.75) is 52.5 Å². The topological polar surface area (TPSA) is 41.1 Å². The van der Waals surface area contributed by atoms with E-state index in [1.54, 1.807) is 11.3 Å². The number of anilines is 2. The summed E-state index contributed by atoms with van der Waals surface area (Å²) in [6.07, 6.45) is 7.72. The average Bonchev–Trinajstić information content (AvgIpc) is 3.43. The highest BCUT2D eigenvalue weighted by Gasteiger charge is 2.22. The average molecular weight is 571 g/mol. The zero-order valence-electron chi connectivity index (χ0n) is 24.6. The van der Waals surface area contributed by atoms with Gasteiger partial charge in [-0.05, 0) is 84.3 Å². The molecule has 0 unspecified atom stereocenters. The molecule has 0 saturated heterocycles. The van der Waals surface area contributed by atoms with Gasteiger partial charge in [0.05, 0.1) is 15.9 Å². The summed E-state index contributed by atoms with van der Waals surface area (Å²) >= 11 is 1.65. The van der Waals surface area contributed by atoms with Crippen molar-refractivity contribution in [2.75, 3.05) is 16.8 Å². The maximum absolute atomic E-state index is 5.14. The molecule has 5 heteroatoms. The molecule has 3 aromatic carbocycles. The molecular weight excluding hydrogens is 533 g/mol. The van der Waals surface area contributed by atoms with E-state index < -0.39 is 0 Å². The van der Waals surface area contributed by atoms with Crippen molar-refractivity contribution in [1.29, 1.82) is 0 Å². The third-order valence-electron chi connectivity index (χ3n) is 8.36. The first-order chi connectivity index (χ1) is 20.6. The van der Waals surface area contributed by atoms with E-state index >= 15 is 0 Å². The number of benzene rings is 3. The molecule has 0 radical (unpaired) electrons. The lowest BCUT2D eigenvalue weighted by molar-refractivity contribution is 0.715. The van der Waals surface area contributed by atoms with E-state index in [9.17, 15) is 0 Å². The van der Waals surface area contributed by atoms with Gasteiger partial charge in [-0.1, -0.05) is 92.8 Å². The van der Waals surface area contributed by atoms with Crippen molar-refractivity contribution in [3.8, 4) is 11.1 Å². The monoisotopic (exact) mass is 570 g/mol. The summed E-state index contributed by atoms with van der Waals surface area (Å²) in [5, 5.41) is 4.35. The highest BCUT2D eigenvalue weighted by molar-refractivity contribution is 7.22. The Morgan fingerprint density at radius 1 is 0.976 bits per heavy atom. The number of aryl methyl sites for hydroxylation is 1. The summed E-state index contributed by atoms with van der Waals surface area (Å²) in [6.45, 7) is 14.8. The number of fused-ring (bicyclic) bond motifs is 2. The Bertz CT molecular complexity index is 1730. The molecule has 0 atom stereocenters. The zero-order chi connectivity index (χ0) is 29.1. The van der Waals surface area contributed by atoms with Gasteiger partial charge in [0.1, 0.15) is 5.82 Å². The summed E-state index contributed by atoms with van der Waals surface area (Å²) in [5.74, 6) is 0.982. The summed E-state index contributed by atoms with van der Waals surface area (Å²) in [5.41, 5.74) is 11.8. The van der Waals surface area contributed by atoms with Crippen molar-refractivity contribution in [3.63, 3.8) is 0 Å². The molecular formula is C37H38N4S. The van der Waals surface area contributed by atoms with Gasteiger partial charge in [-0.2, -0.15) is 0 Å². The Balaban J connectivity index is 1.25. The Hall–Kier alpha value is -4.22. The number of unbranched alkanes of at least 4 members (excludes halogenated alkanes) is 2. The quantitative estimate of drug-likeness (QED) is 0.170. The van der Waals surface area contributed by atoms with Gasteiger partial charge in [-0.3, -0.25) is 0 Å². The highest BCUT2D eigenvalue weighted by atomic mass is 32.1. The fourth-order valence-electron chi connectivity index (χ4n) is 6.02. The third kappa shape index (κ3) is 5.62. The lowest BCUT2D eigenvalue weighted by atomic mass is 9.92. The number of nitrogens with one attached hydrogen (secondary N) is 1. The third-order valence-corrected chi connectivity index (χ3v) is 9.31. The minimum atomic E-state index is 0.779. The Labute approximate surface area is 253 Å². The summed E-state index contributed by atoms with van der Waals surface area (Å²) in [7, 11) is 0. The normalized spacial score (nSPS) is 12.8. The predicted molar refractivity (Wildman–Crippen MR) is 181 cm³/mol. The van der Waals surface area contributed by atoms with Crippen LogP contribution in [0.3, 0.4) is 0 Å². The Kier molecular flexibility index (Phi) is 8.20. The summed E-state index contributed by atoms with van der Waals surface area (Å²) in [4.78, 5) is 12.3. The molecule has 4 nitrogen and oxygen atoms in total. The molecule has 1 N–H and O–H groups in total. The van der Waals surface area contributed by atoms with Crippen LogP contribution in [0.1, 0.15) is 59.7 Å². The minimum absolute atomic E-state index is 0.779. The van der Waals surface area contributed by atoms with Gasteiger partial charge in [-0.15, -0.1) is 0 Å². The van der Waals surface area contributed by atoms with E-state index in [0.29, 0.717) is 0 Å². The van der Waals surface area contributed by atoms with E-state index in [1.165, 1.54) is 51.8 Å². The molecule has 212 valence electrons. The SMILES string of the molecule is C=Cc1nc(N2CCc3cccc(C(=C)Nc4nc5ccccc5s4)c3C2)ccc1-c1cccc(CCCCC)c1C. The molecule has 5 aromatic rings. The van der Waals surface area contributed by atoms with Crippen LogP contribution in [0.4, 0.5) is 10.9 Å². The van der Waals surface area contributed by atoms with Crippen LogP contribution in [-0.4, -0.2) is 16.5 Å². The van der Waals surface area contributed by atoms with Crippen LogP contribution in [-0.2, 0) is 19.4 Å². The smallest absolute Gasteiger partial charge is 0.188 e. The fraction of sp³-hybridized carbons (Fsp3) is 0.243. The second kappa shape index (κ2) is 12.3. The van der Waals surface area contributed by atoms with Crippen LogP contribution in [0.2, 0.25) is 0 Å². The lowest BCUT2D eigenvalue weighted by Gasteiger charge is -2.32. The van der Waals surface area contributed by atoms with E-state index in [1.807, 2.05) is 24.3 Å². The van der Waals surface area contributed by atoms with Crippen LogP contribution < -0.4 is 10.2 Å². The van der Waals surface area contributed by atoms with Crippen molar-refractivity contribution in [2.24, 2.45) is 0 Å². The second-order valence-corrected chi connectivity index (χ2v) is 12.1. The van der Waals surface area contributed by atoms with E-state index in [2.05, 4.69) is 91.8 Å². The molecule has 2 aromatic heterocycles. The zero-order valence-corrected chi connectivity index (χ0v) is 25.4. The highest BCUT2D eigenvalue weighted by Crippen LogP contribution is 2.34. The van der Waals surface area contributed by atoms with Gasteiger partial charge < -0.3 is 10.2 Å². The molecule has 0 spiro atoms. The maximum atomic E-state index is 5.14. The molecule has 0 bridgehead atoms. The molecule has 0 aliphatic carbocycles. The lowest BCUT2D eigenvalue weighted by Crippen LogP contribution is -2.32. The number of aromatic nitrogens is 2. The molecule has 0 fully saturated rings. The van der Waals surface area contributed by atoms with E-state index in [4.69, 9.17) is 9.97 Å². The van der Waals surface area contributed by atoms with Gasteiger partial charge in [0, 0.05) is 29.9 Å². The van der Waals surface area contributed by atoms with Crippen LogP contribution >= 0.6 is 11.3 Å². The fourth-order valence-corrected chi connectivity index (χ4v) is 6.91. The molecule has 6 rings (SSSR count). The standard InChI is InChI=1S/C37H38N4S/c1-5-7-8-13-27-14-11-16-29(25(27)3)31-20-21-36(39-33(31)6-2)41-23-22-28-15-12-17-30(32(28)24-41)26(4)38-37-40-34-18-9-10-19-35(34)42-37/h6,9-12,14-21H,2,4-5,7-8,13,22-24H2,1,3H3,(H,38,40). The second-order valence-electron chi connectivity index (χ2n) is 11.1. The predicted octanol–water partition coefficient (Wildman–Crippen LogP) is 9.69. The van der Waals surface area contributed by atoms with Gasteiger partial charge >= 0.3 is 0 Å².